The van der Waals surface area contributed by atoms with Gasteiger partial charge in [0, 0.05) is 0 Å². The maximum Gasteiger partial charge on any atom is 0.431 e. The zero-order chi connectivity index (χ0) is 11.6. The minimum absolute atomic E-state index is 0.0747. The van der Waals surface area contributed by atoms with Crippen LogP contribution in [0.4, 0.5) is 17.6 Å². The summed E-state index contributed by atoms with van der Waals surface area (Å²) in [6.45, 7) is 2.59. The highest BCUT2D eigenvalue weighted by atomic mass is 19.3. The van der Waals surface area contributed by atoms with Crippen LogP contribution in [-0.4, -0.2) is 29.2 Å². The maximum atomic E-state index is 12.5. The van der Waals surface area contributed by atoms with Gasteiger partial charge in [-0.2, -0.15) is 17.6 Å². The van der Waals surface area contributed by atoms with E-state index in [1.807, 2.05) is 0 Å². The molecule has 0 aliphatic carbocycles. The molecule has 0 amide bonds. The van der Waals surface area contributed by atoms with E-state index in [1.165, 1.54) is 6.92 Å². The lowest BCUT2D eigenvalue weighted by atomic mass is 10.3. The summed E-state index contributed by atoms with van der Waals surface area (Å²) in [5, 5.41) is 7.85. The average molecular weight is 218 g/mol. The second kappa shape index (κ2) is 4.12. The number of carboxylic acids is 1. The van der Waals surface area contributed by atoms with E-state index in [0.717, 1.165) is 6.92 Å². The molecule has 0 spiro atoms. The fourth-order valence-corrected chi connectivity index (χ4v) is 0.535. The Morgan fingerprint density at radius 1 is 1.43 bits per heavy atom. The number of carbonyl (C=O) groups is 1. The van der Waals surface area contributed by atoms with Gasteiger partial charge in [-0.1, -0.05) is 6.92 Å². The monoisotopic (exact) mass is 218 g/mol. The van der Waals surface area contributed by atoms with E-state index >= 15 is 0 Å². The van der Waals surface area contributed by atoms with Gasteiger partial charge in [0.2, 0.25) is 0 Å². The van der Waals surface area contributed by atoms with Gasteiger partial charge in [0.15, 0.2) is 0 Å². The van der Waals surface area contributed by atoms with Crippen molar-refractivity contribution in [1.29, 1.82) is 0 Å². The Bertz CT molecular complexity index is 217. The zero-order valence-corrected chi connectivity index (χ0v) is 7.56. The highest BCUT2D eigenvalue weighted by Crippen LogP contribution is 2.36. The number of carboxylic acid groups (broad SMARTS) is 1. The first-order valence-electron chi connectivity index (χ1n) is 3.82. The van der Waals surface area contributed by atoms with Crippen molar-refractivity contribution in [3.63, 3.8) is 0 Å². The van der Waals surface area contributed by atoms with E-state index < -0.39 is 24.1 Å². The summed E-state index contributed by atoms with van der Waals surface area (Å²) in [4.78, 5) is 9.83. The van der Waals surface area contributed by atoms with Gasteiger partial charge in [-0.3, -0.25) is 0 Å². The van der Waals surface area contributed by atoms with E-state index in [4.69, 9.17) is 5.11 Å². The standard InChI is InChI=1S/C7H10F4O3/c1-3-4(2)14-7(10,11)6(8,9)5(12)13/h4H,3H2,1-2H3,(H,12,13). The Hall–Kier alpha value is -0.850. The first-order valence-corrected chi connectivity index (χ1v) is 3.82. The molecule has 14 heavy (non-hydrogen) atoms. The van der Waals surface area contributed by atoms with Crippen LogP contribution in [0.1, 0.15) is 20.3 Å². The Morgan fingerprint density at radius 2 is 1.86 bits per heavy atom. The molecule has 0 aromatic heterocycles. The molecule has 0 aliphatic rings. The SMILES string of the molecule is CCC(C)OC(F)(F)C(F)(F)C(=O)O. The third-order valence-corrected chi connectivity index (χ3v) is 1.56. The number of alkyl halides is 4. The zero-order valence-electron chi connectivity index (χ0n) is 7.56. The Kier molecular flexibility index (Phi) is 3.87. The molecule has 1 atom stereocenters. The van der Waals surface area contributed by atoms with Crippen molar-refractivity contribution in [2.75, 3.05) is 0 Å². The maximum absolute atomic E-state index is 12.5. The van der Waals surface area contributed by atoms with Crippen LogP contribution in [0.15, 0.2) is 0 Å². The second-order valence-corrected chi connectivity index (χ2v) is 2.73. The third kappa shape index (κ3) is 2.57. The Balaban J connectivity index is 4.68. The fourth-order valence-electron chi connectivity index (χ4n) is 0.535. The molecule has 0 radical (unpaired) electrons. The summed E-state index contributed by atoms with van der Waals surface area (Å²) < 4.78 is 53.4. The van der Waals surface area contributed by atoms with Crippen LogP contribution in [0.5, 0.6) is 0 Å². The lowest BCUT2D eigenvalue weighted by Crippen LogP contribution is -2.50. The average Bonchev–Trinajstić information content (AvgIpc) is 2.02. The molecule has 0 aromatic rings. The van der Waals surface area contributed by atoms with Gasteiger partial charge in [0.25, 0.3) is 0 Å². The van der Waals surface area contributed by atoms with E-state index in [9.17, 15) is 22.4 Å². The molecule has 84 valence electrons. The first kappa shape index (κ1) is 13.2. The van der Waals surface area contributed by atoms with Crippen LogP contribution in [0.3, 0.4) is 0 Å². The van der Waals surface area contributed by atoms with Crippen molar-refractivity contribution in [1.82, 2.24) is 0 Å². The van der Waals surface area contributed by atoms with E-state index in [-0.39, 0.29) is 6.42 Å². The second-order valence-electron chi connectivity index (χ2n) is 2.73. The summed E-state index contributed by atoms with van der Waals surface area (Å²) in [6.07, 6.45) is -6.06. The van der Waals surface area contributed by atoms with Crippen LogP contribution in [0.25, 0.3) is 0 Å². The van der Waals surface area contributed by atoms with Crippen molar-refractivity contribution in [2.24, 2.45) is 0 Å². The van der Waals surface area contributed by atoms with Gasteiger partial charge >= 0.3 is 18.0 Å². The van der Waals surface area contributed by atoms with E-state index in [1.54, 1.807) is 0 Å². The van der Waals surface area contributed by atoms with Crippen LogP contribution < -0.4 is 0 Å². The largest absolute Gasteiger partial charge is 0.477 e. The molecular weight excluding hydrogens is 208 g/mol. The highest BCUT2D eigenvalue weighted by molar-refractivity contribution is 5.76. The van der Waals surface area contributed by atoms with E-state index in [0.29, 0.717) is 0 Å². The number of aliphatic carboxylic acids is 1. The van der Waals surface area contributed by atoms with Crippen molar-refractivity contribution in [3.8, 4) is 0 Å². The number of rotatable bonds is 5. The van der Waals surface area contributed by atoms with Crippen LogP contribution in [-0.2, 0) is 9.53 Å². The number of hydrogen-bond donors (Lipinski definition) is 1. The third-order valence-electron chi connectivity index (χ3n) is 1.56. The van der Waals surface area contributed by atoms with Crippen molar-refractivity contribution in [2.45, 2.75) is 38.4 Å². The lowest BCUT2D eigenvalue weighted by molar-refractivity contribution is -0.350. The molecule has 1 N–H and O–H groups in total. The quantitative estimate of drug-likeness (QED) is 0.719. The minimum atomic E-state index is -5.21. The van der Waals surface area contributed by atoms with Gasteiger partial charge < -0.3 is 9.84 Å². The van der Waals surface area contributed by atoms with Gasteiger partial charge in [0.05, 0.1) is 6.10 Å². The highest BCUT2D eigenvalue weighted by Gasteiger charge is 2.64. The summed E-state index contributed by atoms with van der Waals surface area (Å²) in [5.41, 5.74) is 0. The predicted octanol–water partition coefficient (Wildman–Crippen LogP) is 2.11. The fraction of sp³-hybridized carbons (Fsp3) is 0.857. The topological polar surface area (TPSA) is 46.5 Å². The summed E-state index contributed by atoms with van der Waals surface area (Å²) >= 11 is 0. The van der Waals surface area contributed by atoms with Crippen LogP contribution in [0, 0.1) is 0 Å². The molecule has 3 nitrogen and oxygen atoms in total. The molecular formula is C7H10F4O3. The van der Waals surface area contributed by atoms with Gasteiger partial charge in [0.1, 0.15) is 0 Å². The molecule has 0 rings (SSSR count). The molecule has 0 heterocycles. The summed E-state index contributed by atoms with van der Waals surface area (Å²) in [6, 6.07) is 0. The molecule has 0 bridgehead atoms. The summed E-state index contributed by atoms with van der Waals surface area (Å²) in [7, 11) is 0. The first-order chi connectivity index (χ1) is 6.15. The summed E-state index contributed by atoms with van der Waals surface area (Å²) in [5.74, 6) is -8.12. The molecule has 0 fully saturated rings. The molecule has 0 saturated heterocycles. The molecule has 1 unspecified atom stereocenters. The minimum Gasteiger partial charge on any atom is -0.477 e. The number of halogens is 4. The number of hydrogen-bond acceptors (Lipinski definition) is 2. The molecule has 0 aromatic carbocycles. The molecule has 0 saturated carbocycles. The van der Waals surface area contributed by atoms with Crippen molar-refractivity contribution >= 4 is 5.97 Å². The van der Waals surface area contributed by atoms with Crippen molar-refractivity contribution < 1.29 is 32.2 Å². The smallest absolute Gasteiger partial charge is 0.431 e. The van der Waals surface area contributed by atoms with Crippen molar-refractivity contribution in [3.05, 3.63) is 0 Å². The Morgan fingerprint density at radius 3 is 2.14 bits per heavy atom. The van der Waals surface area contributed by atoms with Gasteiger partial charge in [-0.05, 0) is 13.3 Å². The molecule has 7 heteroatoms. The van der Waals surface area contributed by atoms with Crippen LogP contribution in [0.2, 0.25) is 0 Å². The van der Waals surface area contributed by atoms with Gasteiger partial charge in [-0.25, -0.2) is 4.79 Å². The molecule has 0 aliphatic heterocycles. The lowest BCUT2D eigenvalue weighted by Gasteiger charge is -2.25. The normalized spacial score (nSPS) is 15.3. The van der Waals surface area contributed by atoms with E-state index in [2.05, 4.69) is 4.74 Å². The number of ether oxygens (including phenoxy) is 1. The predicted molar refractivity (Wildman–Crippen MR) is 38.4 cm³/mol. The van der Waals surface area contributed by atoms with Gasteiger partial charge in [-0.15, -0.1) is 0 Å². The van der Waals surface area contributed by atoms with Crippen LogP contribution >= 0.6 is 0 Å². The Labute approximate surface area is 77.7 Å².